The second-order valence-corrected chi connectivity index (χ2v) is 4.76. The quantitative estimate of drug-likeness (QED) is 0.829. The van der Waals surface area contributed by atoms with Gasteiger partial charge in [-0.3, -0.25) is 4.98 Å². The van der Waals surface area contributed by atoms with Gasteiger partial charge in [0.05, 0.1) is 17.9 Å². The highest BCUT2D eigenvalue weighted by molar-refractivity contribution is 5.12. The third kappa shape index (κ3) is 3.27. The summed E-state index contributed by atoms with van der Waals surface area (Å²) in [6.45, 7) is 9.37. The van der Waals surface area contributed by atoms with Crippen molar-refractivity contribution in [1.29, 1.82) is 0 Å². The molecule has 0 aliphatic carbocycles. The summed E-state index contributed by atoms with van der Waals surface area (Å²) in [5.74, 6) is -0.289. The number of halogens is 1. The predicted molar refractivity (Wildman–Crippen MR) is 60.1 cm³/mol. The maximum atomic E-state index is 12.7. The molecule has 0 saturated carbocycles. The molecular formula is C12H19FN2. The van der Waals surface area contributed by atoms with Crippen LogP contribution in [0.5, 0.6) is 0 Å². The van der Waals surface area contributed by atoms with Crippen molar-refractivity contribution in [3.63, 3.8) is 0 Å². The molecule has 15 heavy (non-hydrogen) atoms. The molecule has 0 bridgehead atoms. The topological polar surface area (TPSA) is 24.9 Å². The molecule has 1 N–H and O–H groups in total. The van der Waals surface area contributed by atoms with Gasteiger partial charge in [0.2, 0.25) is 0 Å². The van der Waals surface area contributed by atoms with Crippen LogP contribution in [-0.2, 0) is 0 Å². The minimum atomic E-state index is -0.289. The molecule has 1 aromatic rings. The first-order valence-electron chi connectivity index (χ1n) is 5.30. The Hall–Kier alpha value is -0.960. The van der Waals surface area contributed by atoms with Gasteiger partial charge in [-0.1, -0.05) is 27.7 Å². The molecule has 1 heterocycles. The van der Waals surface area contributed by atoms with Crippen LogP contribution in [0, 0.1) is 11.2 Å². The van der Waals surface area contributed by atoms with Crippen LogP contribution in [0.3, 0.4) is 0 Å². The average molecular weight is 210 g/mol. The summed E-state index contributed by atoms with van der Waals surface area (Å²) in [7, 11) is 0. The monoisotopic (exact) mass is 210 g/mol. The lowest BCUT2D eigenvalue weighted by molar-refractivity contribution is 0.271. The molecule has 2 nitrogen and oxygen atoms in total. The van der Waals surface area contributed by atoms with Gasteiger partial charge in [-0.15, -0.1) is 0 Å². The van der Waals surface area contributed by atoms with Crippen LogP contribution in [0.1, 0.15) is 39.4 Å². The van der Waals surface area contributed by atoms with E-state index in [1.165, 1.54) is 12.3 Å². The first-order chi connectivity index (χ1) is 6.95. The number of hydrogen-bond acceptors (Lipinski definition) is 2. The molecular weight excluding hydrogens is 191 g/mol. The Morgan fingerprint density at radius 1 is 1.40 bits per heavy atom. The lowest BCUT2D eigenvalue weighted by Gasteiger charge is -2.30. The molecule has 1 aromatic heterocycles. The van der Waals surface area contributed by atoms with Gasteiger partial charge >= 0.3 is 0 Å². The zero-order chi connectivity index (χ0) is 11.5. The van der Waals surface area contributed by atoms with Crippen LogP contribution < -0.4 is 5.32 Å². The molecule has 0 fully saturated rings. The lowest BCUT2D eigenvalue weighted by Crippen LogP contribution is -2.32. The van der Waals surface area contributed by atoms with Crippen molar-refractivity contribution in [3.05, 3.63) is 29.8 Å². The van der Waals surface area contributed by atoms with Gasteiger partial charge < -0.3 is 5.32 Å². The first kappa shape index (κ1) is 12.1. The second kappa shape index (κ2) is 4.71. The van der Waals surface area contributed by atoms with Crippen molar-refractivity contribution in [1.82, 2.24) is 10.3 Å². The molecule has 1 rings (SSSR count). The molecule has 0 saturated heterocycles. The first-order valence-corrected chi connectivity index (χ1v) is 5.30. The van der Waals surface area contributed by atoms with E-state index in [-0.39, 0.29) is 17.3 Å². The Morgan fingerprint density at radius 2 is 2.07 bits per heavy atom. The van der Waals surface area contributed by atoms with Gasteiger partial charge in [-0.2, -0.15) is 0 Å². The van der Waals surface area contributed by atoms with E-state index in [0.717, 1.165) is 12.2 Å². The van der Waals surface area contributed by atoms with Crippen molar-refractivity contribution < 1.29 is 4.39 Å². The lowest BCUT2D eigenvalue weighted by atomic mass is 9.84. The Bertz CT molecular complexity index is 300. The van der Waals surface area contributed by atoms with Gasteiger partial charge in [-0.05, 0) is 24.1 Å². The van der Waals surface area contributed by atoms with E-state index >= 15 is 0 Å². The average Bonchev–Trinajstić information content (AvgIpc) is 2.14. The fourth-order valence-electron chi connectivity index (χ4n) is 1.62. The van der Waals surface area contributed by atoms with Crippen LogP contribution in [0.4, 0.5) is 4.39 Å². The Labute approximate surface area is 90.9 Å². The highest BCUT2D eigenvalue weighted by Gasteiger charge is 2.26. The standard InChI is InChI=1S/C12H19FN2/c1-5-14-11(12(2,3)4)10-7-6-9(13)8-15-10/h6-8,11,14H,5H2,1-4H3. The number of nitrogens with zero attached hydrogens (tertiary/aromatic N) is 1. The maximum Gasteiger partial charge on any atom is 0.141 e. The molecule has 0 aliphatic heterocycles. The summed E-state index contributed by atoms with van der Waals surface area (Å²) in [6, 6.07) is 3.36. The summed E-state index contributed by atoms with van der Waals surface area (Å²) in [5, 5.41) is 3.37. The summed E-state index contributed by atoms with van der Waals surface area (Å²) >= 11 is 0. The zero-order valence-electron chi connectivity index (χ0n) is 9.84. The predicted octanol–water partition coefficient (Wildman–Crippen LogP) is 2.92. The third-order valence-electron chi connectivity index (χ3n) is 2.32. The zero-order valence-corrected chi connectivity index (χ0v) is 9.84. The van der Waals surface area contributed by atoms with Crippen molar-refractivity contribution >= 4 is 0 Å². The summed E-state index contributed by atoms with van der Waals surface area (Å²) in [6.07, 6.45) is 1.27. The maximum absolute atomic E-state index is 12.7. The number of rotatable bonds is 3. The van der Waals surface area contributed by atoms with E-state index in [1.54, 1.807) is 6.07 Å². The number of aromatic nitrogens is 1. The van der Waals surface area contributed by atoms with Crippen LogP contribution in [0.2, 0.25) is 0 Å². The SMILES string of the molecule is CCNC(c1ccc(F)cn1)C(C)(C)C. The molecule has 84 valence electrons. The van der Waals surface area contributed by atoms with E-state index in [9.17, 15) is 4.39 Å². The number of hydrogen-bond donors (Lipinski definition) is 1. The van der Waals surface area contributed by atoms with Crippen LogP contribution >= 0.6 is 0 Å². The molecule has 1 atom stereocenters. The van der Waals surface area contributed by atoms with Crippen molar-refractivity contribution in [3.8, 4) is 0 Å². The molecule has 0 amide bonds. The number of pyridine rings is 1. The van der Waals surface area contributed by atoms with E-state index in [4.69, 9.17) is 0 Å². The minimum absolute atomic E-state index is 0.0703. The van der Waals surface area contributed by atoms with Crippen LogP contribution in [0.15, 0.2) is 18.3 Å². The van der Waals surface area contributed by atoms with Gasteiger partial charge in [0.15, 0.2) is 0 Å². The minimum Gasteiger partial charge on any atom is -0.308 e. The molecule has 1 unspecified atom stereocenters. The normalized spacial score (nSPS) is 13.9. The van der Waals surface area contributed by atoms with Gasteiger partial charge in [0, 0.05) is 0 Å². The fourth-order valence-corrected chi connectivity index (χ4v) is 1.62. The van der Waals surface area contributed by atoms with Gasteiger partial charge in [-0.25, -0.2) is 4.39 Å². The Balaban J connectivity index is 2.94. The van der Waals surface area contributed by atoms with E-state index in [0.29, 0.717) is 0 Å². The summed E-state index contributed by atoms with van der Waals surface area (Å²) in [4.78, 5) is 4.13. The van der Waals surface area contributed by atoms with Crippen LogP contribution in [0.25, 0.3) is 0 Å². The third-order valence-corrected chi connectivity index (χ3v) is 2.32. The molecule has 0 aliphatic rings. The van der Waals surface area contributed by atoms with Crippen molar-refractivity contribution in [2.24, 2.45) is 5.41 Å². The fraction of sp³-hybridized carbons (Fsp3) is 0.583. The molecule has 3 heteroatoms. The largest absolute Gasteiger partial charge is 0.308 e. The smallest absolute Gasteiger partial charge is 0.141 e. The van der Waals surface area contributed by atoms with E-state index < -0.39 is 0 Å². The van der Waals surface area contributed by atoms with Gasteiger partial charge in [0.1, 0.15) is 5.82 Å². The van der Waals surface area contributed by atoms with Crippen molar-refractivity contribution in [2.75, 3.05) is 6.54 Å². The van der Waals surface area contributed by atoms with E-state index in [2.05, 4.69) is 38.0 Å². The molecule has 0 spiro atoms. The number of nitrogens with one attached hydrogen (secondary N) is 1. The summed E-state index contributed by atoms with van der Waals surface area (Å²) < 4.78 is 12.7. The highest BCUT2D eigenvalue weighted by Crippen LogP contribution is 2.31. The van der Waals surface area contributed by atoms with Crippen molar-refractivity contribution in [2.45, 2.75) is 33.7 Å². The summed E-state index contributed by atoms with van der Waals surface area (Å²) in [5.41, 5.74) is 0.964. The van der Waals surface area contributed by atoms with E-state index in [1.807, 2.05) is 0 Å². The Kier molecular flexibility index (Phi) is 3.80. The molecule has 0 aromatic carbocycles. The van der Waals surface area contributed by atoms with Gasteiger partial charge in [0.25, 0.3) is 0 Å². The Morgan fingerprint density at radius 3 is 2.47 bits per heavy atom. The highest BCUT2D eigenvalue weighted by atomic mass is 19.1. The van der Waals surface area contributed by atoms with Crippen LogP contribution in [-0.4, -0.2) is 11.5 Å². The second-order valence-electron chi connectivity index (χ2n) is 4.76. The molecule has 0 radical (unpaired) electrons.